The standard InChI is InChI=1S/C17H22N6O2/c1-12-9-15(21-23(12)7-4-6-18)20-17(24)14-5-3-8-25-16(14)13-10-19-22(2)11-13/h9-11,14,16H,3-5,7-8H2,1-2H3,(H,20,21,24)/t14-,16+/m1/s1. The van der Waals surface area contributed by atoms with Crippen LogP contribution in [0.4, 0.5) is 5.82 Å². The van der Waals surface area contributed by atoms with Crippen molar-refractivity contribution in [3.05, 3.63) is 29.7 Å². The van der Waals surface area contributed by atoms with E-state index in [1.54, 1.807) is 15.6 Å². The molecular formula is C17H22N6O2. The van der Waals surface area contributed by atoms with Gasteiger partial charge < -0.3 is 10.1 Å². The topological polar surface area (TPSA) is 97.8 Å². The van der Waals surface area contributed by atoms with Crippen LogP contribution in [-0.2, 0) is 23.1 Å². The summed E-state index contributed by atoms with van der Waals surface area (Å²) in [6.45, 7) is 3.07. The number of carbonyl (C=O) groups excluding carboxylic acids is 1. The fourth-order valence-electron chi connectivity index (χ4n) is 3.14. The largest absolute Gasteiger partial charge is 0.373 e. The lowest BCUT2D eigenvalue weighted by Crippen LogP contribution is -2.33. The van der Waals surface area contributed by atoms with E-state index in [2.05, 4.69) is 21.6 Å². The Morgan fingerprint density at radius 2 is 2.40 bits per heavy atom. The van der Waals surface area contributed by atoms with E-state index in [1.807, 2.05) is 26.2 Å². The number of aryl methyl sites for hydroxylation is 3. The van der Waals surface area contributed by atoms with Gasteiger partial charge in [-0.3, -0.25) is 14.2 Å². The number of nitrogens with zero attached hydrogens (tertiary/aromatic N) is 5. The number of nitrogens with one attached hydrogen (secondary N) is 1. The van der Waals surface area contributed by atoms with Crippen molar-refractivity contribution >= 4 is 11.7 Å². The highest BCUT2D eigenvalue weighted by molar-refractivity contribution is 5.92. The summed E-state index contributed by atoms with van der Waals surface area (Å²) in [5.41, 5.74) is 1.83. The normalized spacial score (nSPS) is 20.2. The van der Waals surface area contributed by atoms with Gasteiger partial charge in [-0.2, -0.15) is 15.5 Å². The number of anilines is 1. The molecule has 0 radical (unpaired) electrons. The number of ether oxygens (including phenoxy) is 1. The molecule has 3 heterocycles. The van der Waals surface area contributed by atoms with Crippen molar-refractivity contribution in [2.75, 3.05) is 11.9 Å². The van der Waals surface area contributed by atoms with Crippen molar-refractivity contribution in [2.24, 2.45) is 13.0 Å². The Bertz CT molecular complexity index is 787. The Morgan fingerprint density at radius 1 is 1.56 bits per heavy atom. The molecule has 2 atom stereocenters. The first-order chi connectivity index (χ1) is 12.1. The van der Waals surface area contributed by atoms with Gasteiger partial charge in [-0.25, -0.2) is 0 Å². The zero-order valence-corrected chi connectivity index (χ0v) is 14.5. The average Bonchev–Trinajstić information content (AvgIpc) is 3.18. The highest BCUT2D eigenvalue weighted by Gasteiger charge is 2.34. The van der Waals surface area contributed by atoms with E-state index in [0.29, 0.717) is 25.4 Å². The Kier molecular flexibility index (Phi) is 5.14. The number of hydrogen-bond donors (Lipinski definition) is 1. The zero-order valence-electron chi connectivity index (χ0n) is 14.5. The van der Waals surface area contributed by atoms with E-state index in [4.69, 9.17) is 10.00 Å². The summed E-state index contributed by atoms with van der Waals surface area (Å²) in [6, 6.07) is 3.92. The van der Waals surface area contributed by atoms with Crippen LogP contribution in [0.1, 0.15) is 36.6 Å². The molecule has 0 spiro atoms. The highest BCUT2D eigenvalue weighted by Crippen LogP contribution is 2.34. The molecule has 25 heavy (non-hydrogen) atoms. The maximum absolute atomic E-state index is 12.8. The molecule has 1 aliphatic heterocycles. The molecule has 2 aromatic heterocycles. The van der Waals surface area contributed by atoms with Gasteiger partial charge in [0.15, 0.2) is 5.82 Å². The van der Waals surface area contributed by atoms with Crippen molar-refractivity contribution in [1.29, 1.82) is 5.26 Å². The van der Waals surface area contributed by atoms with Crippen molar-refractivity contribution in [3.63, 3.8) is 0 Å². The van der Waals surface area contributed by atoms with Gasteiger partial charge in [0.05, 0.1) is 37.3 Å². The summed E-state index contributed by atoms with van der Waals surface area (Å²) in [6.07, 6.45) is 5.34. The molecule has 0 bridgehead atoms. The fraction of sp³-hybridized carbons (Fsp3) is 0.529. The van der Waals surface area contributed by atoms with E-state index in [1.165, 1.54) is 0 Å². The molecule has 2 aromatic rings. The van der Waals surface area contributed by atoms with Crippen LogP contribution in [-0.4, -0.2) is 32.1 Å². The summed E-state index contributed by atoms with van der Waals surface area (Å²) < 4.78 is 9.30. The molecule has 1 N–H and O–H groups in total. The van der Waals surface area contributed by atoms with Crippen LogP contribution in [0.5, 0.6) is 0 Å². The Hall–Kier alpha value is -2.66. The number of amides is 1. The lowest BCUT2D eigenvalue weighted by Gasteiger charge is -2.29. The number of rotatable bonds is 5. The van der Waals surface area contributed by atoms with E-state index >= 15 is 0 Å². The molecule has 1 saturated heterocycles. The van der Waals surface area contributed by atoms with Crippen LogP contribution in [0.2, 0.25) is 0 Å². The van der Waals surface area contributed by atoms with Crippen LogP contribution in [0.15, 0.2) is 18.5 Å². The average molecular weight is 342 g/mol. The first-order valence-corrected chi connectivity index (χ1v) is 8.41. The van der Waals surface area contributed by atoms with Gasteiger partial charge in [0.2, 0.25) is 5.91 Å². The van der Waals surface area contributed by atoms with Crippen LogP contribution >= 0.6 is 0 Å². The molecule has 3 rings (SSSR count). The first-order valence-electron chi connectivity index (χ1n) is 8.41. The monoisotopic (exact) mass is 342 g/mol. The minimum absolute atomic E-state index is 0.0986. The molecule has 1 fully saturated rings. The highest BCUT2D eigenvalue weighted by atomic mass is 16.5. The predicted molar refractivity (Wildman–Crippen MR) is 90.4 cm³/mol. The molecule has 1 aliphatic rings. The van der Waals surface area contributed by atoms with Gasteiger partial charge in [0.1, 0.15) is 0 Å². The van der Waals surface area contributed by atoms with E-state index in [0.717, 1.165) is 24.1 Å². The third kappa shape index (κ3) is 3.88. The lowest BCUT2D eigenvalue weighted by molar-refractivity contribution is -0.129. The SMILES string of the molecule is Cc1cc(NC(=O)[C@@H]2CCCO[C@H]2c2cnn(C)c2)nn1CCC#N. The predicted octanol–water partition coefficient (Wildman–Crippen LogP) is 1.95. The minimum atomic E-state index is -0.288. The molecule has 0 saturated carbocycles. The smallest absolute Gasteiger partial charge is 0.231 e. The summed E-state index contributed by atoms with van der Waals surface area (Å²) in [4.78, 5) is 12.8. The summed E-state index contributed by atoms with van der Waals surface area (Å²) in [5.74, 6) is 0.136. The van der Waals surface area contributed by atoms with Gasteiger partial charge in [0.25, 0.3) is 0 Å². The third-order valence-corrected chi connectivity index (χ3v) is 4.38. The van der Waals surface area contributed by atoms with Crippen molar-refractivity contribution in [3.8, 4) is 6.07 Å². The molecular weight excluding hydrogens is 320 g/mol. The zero-order chi connectivity index (χ0) is 17.8. The second kappa shape index (κ2) is 7.49. The van der Waals surface area contributed by atoms with E-state index in [9.17, 15) is 4.79 Å². The van der Waals surface area contributed by atoms with Crippen molar-refractivity contribution < 1.29 is 9.53 Å². The first kappa shape index (κ1) is 17.2. The van der Waals surface area contributed by atoms with Crippen molar-refractivity contribution in [1.82, 2.24) is 19.6 Å². The molecule has 132 valence electrons. The van der Waals surface area contributed by atoms with Gasteiger partial charge in [-0.05, 0) is 19.8 Å². The lowest BCUT2D eigenvalue weighted by atomic mass is 9.90. The van der Waals surface area contributed by atoms with E-state index < -0.39 is 0 Å². The second-order valence-electron chi connectivity index (χ2n) is 6.28. The maximum Gasteiger partial charge on any atom is 0.231 e. The molecule has 8 heteroatoms. The Balaban J connectivity index is 1.72. The maximum atomic E-state index is 12.8. The van der Waals surface area contributed by atoms with Crippen molar-refractivity contribution in [2.45, 2.75) is 38.8 Å². The van der Waals surface area contributed by atoms with Crippen LogP contribution < -0.4 is 5.32 Å². The Morgan fingerprint density at radius 3 is 3.12 bits per heavy atom. The number of hydrogen-bond acceptors (Lipinski definition) is 5. The number of nitriles is 1. The minimum Gasteiger partial charge on any atom is -0.373 e. The second-order valence-corrected chi connectivity index (χ2v) is 6.28. The molecule has 0 aromatic carbocycles. The van der Waals surface area contributed by atoms with Crippen LogP contribution in [0.25, 0.3) is 0 Å². The van der Waals surface area contributed by atoms with Crippen LogP contribution in [0, 0.1) is 24.2 Å². The fourth-order valence-corrected chi connectivity index (χ4v) is 3.14. The van der Waals surface area contributed by atoms with Gasteiger partial charge in [0, 0.05) is 37.2 Å². The summed E-state index contributed by atoms with van der Waals surface area (Å²) in [7, 11) is 1.85. The number of aromatic nitrogens is 4. The van der Waals surface area contributed by atoms with E-state index in [-0.39, 0.29) is 17.9 Å². The third-order valence-electron chi connectivity index (χ3n) is 4.38. The van der Waals surface area contributed by atoms with Gasteiger partial charge in [-0.1, -0.05) is 0 Å². The number of carbonyl (C=O) groups is 1. The molecule has 0 unspecified atom stereocenters. The summed E-state index contributed by atoms with van der Waals surface area (Å²) >= 11 is 0. The summed E-state index contributed by atoms with van der Waals surface area (Å²) in [5, 5.41) is 20.1. The van der Waals surface area contributed by atoms with Crippen LogP contribution in [0.3, 0.4) is 0 Å². The van der Waals surface area contributed by atoms with Gasteiger partial charge >= 0.3 is 0 Å². The molecule has 0 aliphatic carbocycles. The van der Waals surface area contributed by atoms with Gasteiger partial charge in [-0.15, -0.1) is 0 Å². The Labute approximate surface area is 146 Å². The quantitative estimate of drug-likeness (QED) is 0.895. The molecule has 8 nitrogen and oxygen atoms in total. The molecule has 1 amide bonds.